The molecule has 0 bridgehead atoms. The third-order valence-electron chi connectivity index (χ3n) is 6.35. The molecule has 2 aliphatic heterocycles. The number of aliphatic hydroxyl groups excluding tert-OH is 1. The van der Waals surface area contributed by atoms with Crippen LogP contribution in [-0.4, -0.2) is 76.0 Å². The number of hydrogen-bond donors (Lipinski definition) is 3. The molecule has 2 aliphatic rings. The summed E-state index contributed by atoms with van der Waals surface area (Å²) in [6.07, 6.45) is 1.96. The Balaban J connectivity index is 1.15. The number of hydrogen-bond acceptors (Lipinski definition) is 9. The third kappa shape index (κ3) is 5.52. The lowest BCUT2D eigenvalue weighted by Crippen LogP contribution is -2.30. The zero-order valence-corrected chi connectivity index (χ0v) is 20.9. The van der Waals surface area contributed by atoms with Crippen LogP contribution in [0.3, 0.4) is 0 Å². The maximum Gasteiger partial charge on any atom is 0.235 e. The summed E-state index contributed by atoms with van der Waals surface area (Å²) in [5, 5.41) is 17.4. The first-order chi connectivity index (χ1) is 17.0. The highest BCUT2D eigenvalue weighted by Crippen LogP contribution is 2.30. The number of carbonyl (C=O) groups excluding carboxylic acids is 1. The topological polar surface area (TPSA) is 113 Å². The fraction of sp³-hybridized carbons (Fsp3) is 0.417. The highest BCUT2D eigenvalue weighted by Gasteiger charge is 2.31. The number of likely N-dealkylation sites (tertiary alicyclic amines) is 1. The maximum absolute atomic E-state index is 11.6. The molecule has 35 heavy (non-hydrogen) atoms. The van der Waals surface area contributed by atoms with Crippen molar-refractivity contribution in [2.75, 3.05) is 44.4 Å². The monoisotopic (exact) mass is 514 g/mol. The van der Waals surface area contributed by atoms with Crippen LogP contribution in [0.25, 0.3) is 11.0 Å². The van der Waals surface area contributed by atoms with Crippen molar-refractivity contribution < 1.29 is 14.6 Å². The predicted molar refractivity (Wildman–Crippen MR) is 136 cm³/mol. The van der Waals surface area contributed by atoms with Gasteiger partial charge in [0.05, 0.1) is 45.6 Å². The van der Waals surface area contributed by atoms with E-state index in [1.54, 1.807) is 19.4 Å². The van der Waals surface area contributed by atoms with E-state index in [9.17, 15) is 9.90 Å². The quantitative estimate of drug-likeness (QED) is 0.417. The summed E-state index contributed by atoms with van der Waals surface area (Å²) in [6, 6.07) is 7.64. The van der Waals surface area contributed by atoms with Crippen molar-refractivity contribution in [2.24, 2.45) is 5.92 Å². The van der Waals surface area contributed by atoms with Gasteiger partial charge in [0, 0.05) is 56.5 Å². The molecule has 1 amide bonds. The largest absolute Gasteiger partial charge is 0.481 e. The van der Waals surface area contributed by atoms with Crippen LogP contribution >= 0.6 is 23.4 Å². The van der Waals surface area contributed by atoms with Crippen molar-refractivity contribution in [1.82, 2.24) is 25.2 Å². The lowest BCUT2D eigenvalue weighted by Gasteiger charge is -2.18. The van der Waals surface area contributed by atoms with E-state index in [4.69, 9.17) is 16.3 Å². The molecule has 2 unspecified atom stereocenters. The van der Waals surface area contributed by atoms with Gasteiger partial charge in [0.2, 0.25) is 11.8 Å². The number of fused-ring (bicyclic) bond motifs is 2. The van der Waals surface area contributed by atoms with Gasteiger partial charge in [-0.25, -0.2) is 9.97 Å². The second kappa shape index (κ2) is 10.6. The molecule has 0 spiro atoms. The van der Waals surface area contributed by atoms with Crippen LogP contribution in [0.1, 0.15) is 11.3 Å². The SMILES string of the molecule is COc1ccc2ncc(Cl)c(CCN3CC(O)C(CNCc4ccc5c(n4)NC(=O)CS5)C3)c2n1. The number of aliphatic hydroxyl groups is 1. The summed E-state index contributed by atoms with van der Waals surface area (Å²) < 4.78 is 5.27. The summed E-state index contributed by atoms with van der Waals surface area (Å²) in [5.74, 6) is 1.68. The molecule has 9 nitrogen and oxygen atoms in total. The van der Waals surface area contributed by atoms with E-state index in [1.165, 1.54) is 11.8 Å². The summed E-state index contributed by atoms with van der Waals surface area (Å²) in [7, 11) is 1.59. The molecule has 11 heteroatoms. The van der Waals surface area contributed by atoms with E-state index < -0.39 is 6.10 Å². The highest BCUT2D eigenvalue weighted by molar-refractivity contribution is 8.00. The Kier molecular flexibility index (Phi) is 7.35. The smallest absolute Gasteiger partial charge is 0.235 e. The number of anilines is 1. The Morgan fingerprint density at radius 2 is 2.17 bits per heavy atom. The minimum atomic E-state index is -0.405. The second-order valence-electron chi connectivity index (χ2n) is 8.76. The second-order valence-corrected chi connectivity index (χ2v) is 10.2. The van der Waals surface area contributed by atoms with Gasteiger partial charge in [-0.2, -0.15) is 0 Å². The molecule has 1 saturated heterocycles. The first-order valence-electron chi connectivity index (χ1n) is 11.5. The molecule has 0 aromatic carbocycles. The Labute approximate surface area is 212 Å². The number of β-amino-alcohol motifs (C(OH)–C–C–N with tert-alkyl or cyclic N) is 1. The Morgan fingerprint density at radius 1 is 1.29 bits per heavy atom. The predicted octanol–water partition coefficient (Wildman–Crippen LogP) is 2.36. The van der Waals surface area contributed by atoms with E-state index in [0.29, 0.717) is 48.5 Å². The third-order valence-corrected chi connectivity index (χ3v) is 7.73. The number of halogens is 1. The minimum absolute atomic E-state index is 0.0229. The zero-order valence-electron chi connectivity index (χ0n) is 19.3. The van der Waals surface area contributed by atoms with Gasteiger partial charge >= 0.3 is 0 Å². The molecule has 0 saturated carbocycles. The van der Waals surface area contributed by atoms with Crippen molar-refractivity contribution in [3.8, 4) is 5.88 Å². The number of ether oxygens (including phenoxy) is 1. The van der Waals surface area contributed by atoms with Crippen LogP contribution in [0.2, 0.25) is 5.02 Å². The molecule has 3 aromatic heterocycles. The van der Waals surface area contributed by atoms with E-state index in [-0.39, 0.29) is 11.8 Å². The number of amides is 1. The summed E-state index contributed by atoms with van der Waals surface area (Å²) >= 11 is 7.97. The molecular weight excluding hydrogens is 488 g/mol. The number of nitrogens with zero attached hydrogens (tertiary/aromatic N) is 4. The summed E-state index contributed by atoms with van der Waals surface area (Å²) in [5.41, 5.74) is 3.33. The van der Waals surface area contributed by atoms with Crippen LogP contribution in [0, 0.1) is 5.92 Å². The van der Waals surface area contributed by atoms with E-state index >= 15 is 0 Å². The van der Waals surface area contributed by atoms with E-state index in [1.807, 2.05) is 18.2 Å². The number of pyridine rings is 3. The van der Waals surface area contributed by atoms with Gasteiger partial charge in [0.25, 0.3) is 0 Å². The molecule has 3 N–H and O–H groups in total. The number of thioether (sulfide) groups is 1. The molecule has 3 aromatic rings. The van der Waals surface area contributed by atoms with Crippen molar-refractivity contribution >= 4 is 46.1 Å². The van der Waals surface area contributed by atoms with Crippen LogP contribution in [-0.2, 0) is 17.8 Å². The van der Waals surface area contributed by atoms with Gasteiger partial charge in [-0.05, 0) is 24.6 Å². The molecule has 1 fully saturated rings. The van der Waals surface area contributed by atoms with Crippen LogP contribution in [0.5, 0.6) is 5.88 Å². The fourth-order valence-corrected chi connectivity index (χ4v) is 5.50. The Hall–Kier alpha value is -2.50. The molecule has 0 aliphatic carbocycles. The van der Waals surface area contributed by atoms with Crippen LogP contribution < -0.4 is 15.4 Å². The van der Waals surface area contributed by atoms with Gasteiger partial charge in [-0.1, -0.05) is 11.6 Å². The number of methoxy groups -OCH3 is 1. The number of carbonyl (C=O) groups is 1. The van der Waals surface area contributed by atoms with Crippen molar-refractivity contribution in [1.29, 1.82) is 0 Å². The molecule has 184 valence electrons. The van der Waals surface area contributed by atoms with Crippen LogP contribution in [0.4, 0.5) is 5.82 Å². The van der Waals surface area contributed by atoms with Crippen LogP contribution in [0.15, 0.2) is 35.4 Å². The molecule has 2 atom stereocenters. The minimum Gasteiger partial charge on any atom is -0.481 e. The number of rotatable bonds is 8. The Bertz CT molecular complexity index is 1250. The molecule has 5 rings (SSSR count). The average molecular weight is 515 g/mol. The average Bonchev–Trinajstić information content (AvgIpc) is 3.21. The zero-order chi connectivity index (χ0) is 24.4. The Morgan fingerprint density at radius 3 is 3.03 bits per heavy atom. The molecule has 0 radical (unpaired) electrons. The van der Waals surface area contributed by atoms with Gasteiger partial charge in [0.1, 0.15) is 5.82 Å². The normalized spacial score (nSPS) is 20.1. The first kappa shape index (κ1) is 24.2. The van der Waals surface area contributed by atoms with E-state index in [2.05, 4.69) is 30.5 Å². The van der Waals surface area contributed by atoms with Crippen molar-refractivity contribution in [3.05, 3.63) is 46.7 Å². The molecule has 5 heterocycles. The lowest BCUT2D eigenvalue weighted by molar-refractivity contribution is -0.113. The summed E-state index contributed by atoms with van der Waals surface area (Å²) in [6.45, 7) is 3.41. The fourth-order valence-electron chi connectivity index (χ4n) is 4.51. The van der Waals surface area contributed by atoms with Gasteiger partial charge in [-0.3, -0.25) is 9.78 Å². The van der Waals surface area contributed by atoms with E-state index in [0.717, 1.165) is 40.3 Å². The first-order valence-corrected chi connectivity index (χ1v) is 12.9. The highest BCUT2D eigenvalue weighted by atomic mass is 35.5. The van der Waals surface area contributed by atoms with Gasteiger partial charge in [-0.15, -0.1) is 11.8 Å². The lowest BCUT2D eigenvalue weighted by atomic mass is 10.1. The summed E-state index contributed by atoms with van der Waals surface area (Å²) in [4.78, 5) is 28.3. The number of aromatic nitrogens is 3. The van der Waals surface area contributed by atoms with Crippen molar-refractivity contribution in [2.45, 2.75) is 24.0 Å². The van der Waals surface area contributed by atoms with Gasteiger partial charge in [0.15, 0.2) is 0 Å². The maximum atomic E-state index is 11.6. The van der Waals surface area contributed by atoms with Crippen molar-refractivity contribution in [3.63, 3.8) is 0 Å². The standard InChI is InChI=1S/C24H27ClN6O3S/c1-34-22-5-3-18-23(30-22)16(17(25)10-27-18)6-7-31-11-14(19(32)12-31)8-26-9-15-2-4-20-24(28-15)29-21(33)13-35-20/h2-5,10,14,19,26,32H,6-9,11-13H2,1H3,(H,28,29,33). The van der Waals surface area contributed by atoms with Gasteiger partial charge < -0.3 is 25.4 Å². The number of nitrogens with one attached hydrogen (secondary N) is 2. The molecular formula is C24H27ClN6O3S.